The second-order valence-corrected chi connectivity index (χ2v) is 4.47. The van der Waals surface area contributed by atoms with Gasteiger partial charge in [0.1, 0.15) is 5.82 Å². The van der Waals surface area contributed by atoms with Crippen LogP contribution in [0, 0.1) is 0 Å². The van der Waals surface area contributed by atoms with Crippen molar-refractivity contribution in [2.75, 3.05) is 11.5 Å². The number of hydrogen-bond acceptors (Lipinski definition) is 5. The molecule has 94 valence electrons. The summed E-state index contributed by atoms with van der Waals surface area (Å²) in [5.74, 6) is 0.330. The Hall–Kier alpha value is -1.56. The summed E-state index contributed by atoms with van der Waals surface area (Å²) >= 11 is 12.0. The van der Waals surface area contributed by atoms with Crippen LogP contribution in [0.5, 0.6) is 0 Å². The highest BCUT2D eigenvalue weighted by atomic mass is 35.5. The van der Waals surface area contributed by atoms with Crippen LogP contribution in [0.1, 0.15) is 5.56 Å². The van der Waals surface area contributed by atoms with Gasteiger partial charge < -0.3 is 17.2 Å². The topological polar surface area (TPSA) is 104 Å². The molecule has 0 saturated heterocycles. The Balaban J connectivity index is 2.69. The molecule has 0 spiro atoms. The average Bonchev–Trinajstić information content (AvgIpc) is 2.28. The van der Waals surface area contributed by atoms with E-state index in [4.69, 9.17) is 40.4 Å². The second-order valence-electron chi connectivity index (χ2n) is 3.62. The van der Waals surface area contributed by atoms with E-state index in [1.165, 1.54) is 0 Å². The molecule has 0 aliphatic rings. The van der Waals surface area contributed by atoms with Crippen molar-refractivity contribution in [1.82, 2.24) is 9.97 Å². The number of halogens is 2. The zero-order chi connectivity index (χ0) is 13.3. The van der Waals surface area contributed by atoms with Crippen molar-refractivity contribution in [3.8, 4) is 11.3 Å². The molecule has 0 amide bonds. The highest BCUT2D eigenvalue weighted by Gasteiger charge is 2.14. The van der Waals surface area contributed by atoms with Crippen molar-refractivity contribution in [2.24, 2.45) is 5.73 Å². The molecular formula is C11H11Cl2N5. The van der Waals surface area contributed by atoms with E-state index < -0.39 is 0 Å². The van der Waals surface area contributed by atoms with Crippen LogP contribution < -0.4 is 17.2 Å². The van der Waals surface area contributed by atoms with Gasteiger partial charge in [0.05, 0.1) is 10.7 Å². The molecule has 1 aromatic carbocycles. The van der Waals surface area contributed by atoms with Gasteiger partial charge in [-0.25, -0.2) is 4.98 Å². The largest absolute Gasteiger partial charge is 0.383 e. The Morgan fingerprint density at radius 3 is 2.44 bits per heavy atom. The fourth-order valence-electron chi connectivity index (χ4n) is 1.62. The minimum atomic E-state index is 0.0747. The van der Waals surface area contributed by atoms with Gasteiger partial charge in [-0.3, -0.25) is 0 Å². The third-order valence-corrected chi connectivity index (χ3v) is 2.99. The Labute approximate surface area is 114 Å². The van der Waals surface area contributed by atoms with E-state index >= 15 is 0 Å². The minimum Gasteiger partial charge on any atom is -0.383 e. The molecule has 0 saturated carbocycles. The first-order valence-corrected chi connectivity index (χ1v) is 5.86. The fourth-order valence-corrected chi connectivity index (χ4v) is 2.12. The SMILES string of the molecule is NCc1c(N)nc(N)nc1-c1ccc(Cl)cc1Cl. The first kappa shape index (κ1) is 12.9. The number of nitrogen functional groups attached to an aromatic ring is 2. The van der Waals surface area contributed by atoms with Gasteiger partial charge in [-0.05, 0) is 18.2 Å². The van der Waals surface area contributed by atoms with Gasteiger partial charge in [-0.15, -0.1) is 0 Å². The number of anilines is 2. The number of benzene rings is 1. The molecule has 0 radical (unpaired) electrons. The zero-order valence-electron chi connectivity index (χ0n) is 9.32. The van der Waals surface area contributed by atoms with Crippen LogP contribution >= 0.6 is 23.2 Å². The normalized spacial score (nSPS) is 10.6. The Kier molecular flexibility index (Phi) is 3.56. The number of nitrogens with zero attached hydrogens (tertiary/aromatic N) is 2. The van der Waals surface area contributed by atoms with Gasteiger partial charge in [-0.2, -0.15) is 4.98 Å². The van der Waals surface area contributed by atoms with Gasteiger partial charge in [0.2, 0.25) is 5.95 Å². The van der Waals surface area contributed by atoms with Crippen molar-refractivity contribution in [2.45, 2.75) is 6.54 Å². The molecule has 0 atom stereocenters. The summed E-state index contributed by atoms with van der Waals surface area (Å²) in [6, 6.07) is 5.07. The van der Waals surface area contributed by atoms with Gasteiger partial charge in [-0.1, -0.05) is 23.2 Å². The molecule has 0 aliphatic heterocycles. The van der Waals surface area contributed by atoms with Crippen molar-refractivity contribution >= 4 is 35.0 Å². The van der Waals surface area contributed by atoms with E-state index in [0.29, 0.717) is 26.9 Å². The average molecular weight is 284 g/mol. The van der Waals surface area contributed by atoms with E-state index in [-0.39, 0.29) is 18.3 Å². The second kappa shape index (κ2) is 4.97. The summed E-state index contributed by atoms with van der Waals surface area (Å²) in [5, 5.41) is 0.989. The predicted molar refractivity (Wildman–Crippen MR) is 74.2 cm³/mol. The maximum absolute atomic E-state index is 6.13. The molecule has 1 aromatic heterocycles. The van der Waals surface area contributed by atoms with Crippen molar-refractivity contribution in [3.05, 3.63) is 33.8 Å². The van der Waals surface area contributed by atoms with Gasteiger partial charge >= 0.3 is 0 Å². The summed E-state index contributed by atoms with van der Waals surface area (Å²) in [4.78, 5) is 8.02. The Bertz CT molecular complexity index is 600. The lowest BCUT2D eigenvalue weighted by atomic mass is 10.1. The molecule has 0 aliphatic carbocycles. The molecule has 2 aromatic rings. The first-order valence-electron chi connectivity index (χ1n) is 5.10. The third-order valence-electron chi connectivity index (χ3n) is 2.45. The van der Waals surface area contributed by atoms with Crippen LogP contribution in [0.25, 0.3) is 11.3 Å². The van der Waals surface area contributed by atoms with Gasteiger partial charge in [0.15, 0.2) is 0 Å². The predicted octanol–water partition coefficient (Wildman–Crippen LogP) is 2.07. The van der Waals surface area contributed by atoms with Gasteiger partial charge in [0, 0.05) is 22.7 Å². The van der Waals surface area contributed by atoms with E-state index in [9.17, 15) is 0 Å². The number of hydrogen-bond donors (Lipinski definition) is 3. The lowest BCUT2D eigenvalue weighted by Crippen LogP contribution is -2.10. The lowest BCUT2D eigenvalue weighted by molar-refractivity contribution is 1.03. The standard InChI is InChI=1S/C11H11Cl2N5/c12-5-1-2-6(8(13)3-5)9-7(4-14)10(15)18-11(16)17-9/h1-3H,4,14H2,(H4,15,16,17,18). The zero-order valence-corrected chi connectivity index (χ0v) is 10.8. The van der Waals surface area contributed by atoms with Crippen molar-refractivity contribution in [3.63, 3.8) is 0 Å². The minimum absolute atomic E-state index is 0.0747. The molecule has 18 heavy (non-hydrogen) atoms. The summed E-state index contributed by atoms with van der Waals surface area (Å²) in [6.07, 6.45) is 0. The maximum atomic E-state index is 6.13. The first-order chi connectivity index (χ1) is 8.52. The third kappa shape index (κ3) is 2.33. The smallest absolute Gasteiger partial charge is 0.222 e. The molecule has 0 fully saturated rings. The molecule has 6 N–H and O–H groups in total. The maximum Gasteiger partial charge on any atom is 0.222 e. The van der Waals surface area contributed by atoms with Crippen LogP contribution in [0.15, 0.2) is 18.2 Å². The van der Waals surface area contributed by atoms with Crippen molar-refractivity contribution in [1.29, 1.82) is 0 Å². The van der Waals surface area contributed by atoms with E-state index in [2.05, 4.69) is 9.97 Å². The monoisotopic (exact) mass is 283 g/mol. The Morgan fingerprint density at radius 2 is 1.83 bits per heavy atom. The molecule has 5 nitrogen and oxygen atoms in total. The van der Waals surface area contributed by atoms with Crippen LogP contribution in [0.2, 0.25) is 10.0 Å². The van der Waals surface area contributed by atoms with Gasteiger partial charge in [0.25, 0.3) is 0 Å². The molecule has 0 unspecified atom stereocenters. The summed E-state index contributed by atoms with van der Waals surface area (Å²) in [5.41, 5.74) is 18.8. The van der Waals surface area contributed by atoms with Crippen LogP contribution in [0.3, 0.4) is 0 Å². The summed E-state index contributed by atoms with van der Waals surface area (Å²) in [7, 11) is 0. The lowest BCUT2D eigenvalue weighted by Gasteiger charge is -2.11. The number of nitrogens with two attached hydrogens (primary N) is 3. The molecular weight excluding hydrogens is 273 g/mol. The summed E-state index contributed by atoms with van der Waals surface area (Å²) < 4.78 is 0. The van der Waals surface area contributed by atoms with Crippen LogP contribution in [-0.4, -0.2) is 9.97 Å². The molecule has 7 heteroatoms. The number of rotatable bonds is 2. The highest BCUT2D eigenvalue weighted by molar-refractivity contribution is 6.36. The van der Waals surface area contributed by atoms with E-state index in [1.54, 1.807) is 18.2 Å². The number of aromatic nitrogens is 2. The molecule has 0 bridgehead atoms. The van der Waals surface area contributed by atoms with E-state index in [0.717, 1.165) is 0 Å². The van der Waals surface area contributed by atoms with Crippen LogP contribution in [0.4, 0.5) is 11.8 Å². The molecule has 1 heterocycles. The van der Waals surface area contributed by atoms with Crippen LogP contribution in [-0.2, 0) is 6.54 Å². The quantitative estimate of drug-likeness (QED) is 0.783. The van der Waals surface area contributed by atoms with E-state index in [1.807, 2.05) is 0 Å². The van der Waals surface area contributed by atoms with Crippen molar-refractivity contribution < 1.29 is 0 Å². The summed E-state index contributed by atoms with van der Waals surface area (Å²) in [6.45, 7) is 0.195. The highest BCUT2D eigenvalue weighted by Crippen LogP contribution is 2.32. The molecule has 2 rings (SSSR count). The fraction of sp³-hybridized carbons (Fsp3) is 0.0909. The Morgan fingerprint density at radius 1 is 1.11 bits per heavy atom.